The van der Waals surface area contributed by atoms with Gasteiger partial charge in [0.25, 0.3) is 0 Å². The number of halogens is 1. The maximum atomic E-state index is 11.7. The molecule has 0 saturated carbocycles. The molecule has 0 aliphatic heterocycles. The average molecular weight is 310 g/mol. The summed E-state index contributed by atoms with van der Waals surface area (Å²) in [5.74, 6) is 0.615. The highest BCUT2D eigenvalue weighted by molar-refractivity contribution is 6.28. The van der Waals surface area contributed by atoms with E-state index in [2.05, 4.69) is 25.3 Å². The molecular formula is C12H16ClN7O. The fourth-order valence-corrected chi connectivity index (χ4v) is 1.87. The molecule has 0 aliphatic carbocycles. The third-order valence-electron chi connectivity index (χ3n) is 2.69. The quantitative estimate of drug-likeness (QED) is 0.844. The molecule has 0 radical (unpaired) electrons. The number of hydrogen-bond acceptors (Lipinski definition) is 6. The van der Waals surface area contributed by atoms with E-state index in [1.165, 1.54) is 0 Å². The Bertz CT molecular complexity index is 602. The van der Waals surface area contributed by atoms with Crippen molar-refractivity contribution in [3.8, 4) is 5.95 Å². The van der Waals surface area contributed by atoms with E-state index in [4.69, 9.17) is 11.6 Å². The highest BCUT2D eigenvalue weighted by Gasteiger charge is 2.15. The SMILES string of the molecule is CCNC(=O)CN(CC)c1nc(Cl)nc(-n2ccnc2)n1. The van der Waals surface area contributed by atoms with Crippen LogP contribution in [0.1, 0.15) is 13.8 Å². The molecular weight excluding hydrogens is 294 g/mol. The molecule has 0 saturated heterocycles. The second kappa shape index (κ2) is 6.98. The van der Waals surface area contributed by atoms with Gasteiger partial charge < -0.3 is 10.2 Å². The molecule has 0 aromatic carbocycles. The minimum absolute atomic E-state index is 0.0676. The maximum absolute atomic E-state index is 11.7. The monoisotopic (exact) mass is 309 g/mol. The van der Waals surface area contributed by atoms with Gasteiger partial charge in [0, 0.05) is 25.5 Å². The molecule has 0 spiro atoms. The number of hydrogen-bond donors (Lipinski definition) is 1. The first kappa shape index (κ1) is 15.2. The van der Waals surface area contributed by atoms with Gasteiger partial charge in [0.2, 0.25) is 23.1 Å². The van der Waals surface area contributed by atoms with Crippen molar-refractivity contribution >= 4 is 23.5 Å². The summed E-state index contributed by atoms with van der Waals surface area (Å²) >= 11 is 5.94. The first-order valence-electron chi connectivity index (χ1n) is 6.55. The van der Waals surface area contributed by atoms with E-state index in [9.17, 15) is 4.79 Å². The number of carbonyl (C=O) groups is 1. The van der Waals surface area contributed by atoms with Gasteiger partial charge in [-0.25, -0.2) is 4.98 Å². The Hall–Kier alpha value is -2.22. The lowest BCUT2D eigenvalue weighted by molar-refractivity contribution is -0.119. The highest BCUT2D eigenvalue weighted by atomic mass is 35.5. The summed E-state index contributed by atoms with van der Waals surface area (Å²) in [6, 6.07) is 0. The number of nitrogens with zero attached hydrogens (tertiary/aromatic N) is 6. The number of amides is 1. The number of aromatic nitrogens is 5. The lowest BCUT2D eigenvalue weighted by atomic mass is 10.4. The zero-order valence-electron chi connectivity index (χ0n) is 11.8. The zero-order chi connectivity index (χ0) is 15.2. The Balaban J connectivity index is 2.27. The summed E-state index contributed by atoms with van der Waals surface area (Å²) in [5, 5.41) is 2.80. The lowest BCUT2D eigenvalue weighted by Crippen LogP contribution is -2.38. The molecule has 2 aromatic heterocycles. The number of likely N-dealkylation sites (N-methyl/N-ethyl adjacent to an activating group) is 2. The zero-order valence-corrected chi connectivity index (χ0v) is 12.6. The number of carbonyl (C=O) groups excluding carboxylic acids is 1. The van der Waals surface area contributed by atoms with Crippen molar-refractivity contribution in [3.05, 3.63) is 24.0 Å². The van der Waals surface area contributed by atoms with Gasteiger partial charge in [-0.15, -0.1) is 0 Å². The summed E-state index contributed by atoms with van der Waals surface area (Å²) in [6.45, 7) is 5.09. The lowest BCUT2D eigenvalue weighted by Gasteiger charge is -2.20. The third kappa shape index (κ3) is 3.88. The fraction of sp³-hybridized carbons (Fsp3) is 0.417. The highest BCUT2D eigenvalue weighted by Crippen LogP contribution is 2.13. The van der Waals surface area contributed by atoms with Crippen molar-refractivity contribution in [2.24, 2.45) is 0 Å². The third-order valence-corrected chi connectivity index (χ3v) is 2.86. The molecule has 0 bridgehead atoms. The van der Waals surface area contributed by atoms with E-state index >= 15 is 0 Å². The molecule has 1 amide bonds. The Morgan fingerprint density at radius 1 is 1.38 bits per heavy atom. The van der Waals surface area contributed by atoms with Crippen LogP contribution in [0.2, 0.25) is 5.28 Å². The van der Waals surface area contributed by atoms with E-state index in [1.807, 2.05) is 13.8 Å². The predicted molar refractivity (Wildman–Crippen MR) is 78.5 cm³/mol. The second-order valence-electron chi connectivity index (χ2n) is 4.14. The van der Waals surface area contributed by atoms with E-state index in [0.29, 0.717) is 25.0 Å². The van der Waals surface area contributed by atoms with Crippen LogP contribution < -0.4 is 10.2 Å². The van der Waals surface area contributed by atoms with Gasteiger partial charge in [-0.3, -0.25) is 9.36 Å². The summed E-state index contributed by atoms with van der Waals surface area (Å²) < 4.78 is 1.62. The van der Waals surface area contributed by atoms with Crippen LogP contribution in [-0.4, -0.2) is 50.0 Å². The largest absolute Gasteiger partial charge is 0.355 e. The Morgan fingerprint density at radius 3 is 2.81 bits per heavy atom. The van der Waals surface area contributed by atoms with E-state index in [0.717, 1.165) is 0 Å². The van der Waals surface area contributed by atoms with E-state index in [1.54, 1.807) is 28.2 Å². The van der Waals surface area contributed by atoms with E-state index < -0.39 is 0 Å². The second-order valence-corrected chi connectivity index (χ2v) is 4.48. The van der Waals surface area contributed by atoms with Crippen LogP contribution in [0.4, 0.5) is 5.95 Å². The van der Waals surface area contributed by atoms with Crippen molar-refractivity contribution < 1.29 is 4.79 Å². The first-order chi connectivity index (χ1) is 10.1. The summed E-state index contributed by atoms with van der Waals surface area (Å²) in [5.41, 5.74) is 0. The molecule has 0 atom stereocenters. The van der Waals surface area contributed by atoms with Crippen LogP contribution in [0.3, 0.4) is 0 Å². The van der Waals surface area contributed by atoms with Gasteiger partial charge >= 0.3 is 0 Å². The van der Waals surface area contributed by atoms with Crippen LogP contribution in [0, 0.1) is 0 Å². The van der Waals surface area contributed by atoms with Gasteiger partial charge in [-0.2, -0.15) is 15.0 Å². The van der Waals surface area contributed by atoms with Crippen molar-refractivity contribution in [3.63, 3.8) is 0 Å². The molecule has 112 valence electrons. The van der Waals surface area contributed by atoms with E-state index in [-0.39, 0.29) is 17.7 Å². The molecule has 2 rings (SSSR count). The summed E-state index contributed by atoms with van der Waals surface area (Å²) in [4.78, 5) is 29.8. The van der Waals surface area contributed by atoms with Crippen molar-refractivity contribution in [2.45, 2.75) is 13.8 Å². The first-order valence-corrected chi connectivity index (χ1v) is 6.93. The van der Waals surface area contributed by atoms with Crippen molar-refractivity contribution in [1.29, 1.82) is 0 Å². The van der Waals surface area contributed by atoms with Gasteiger partial charge in [0.15, 0.2) is 0 Å². The topological polar surface area (TPSA) is 88.8 Å². The van der Waals surface area contributed by atoms with Crippen LogP contribution in [0.15, 0.2) is 18.7 Å². The van der Waals surface area contributed by atoms with Crippen LogP contribution in [0.25, 0.3) is 5.95 Å². The smallest absolute Gasteiger partial charge is 0.241 e. The predicted octanol–water partition coefficient (Wildman–Crippen LogP) is 0.673. The summed E-state index contributed by atoms with van der Waals surface area (Å²) in [7, 11) is 0. The van der Waals surface area contributed by atoms with Gasteiger partial charge in [-0.05, 0) is 25.4 Å². The molecule has 8 nitrogen and oxygen atoms in total. The molecule has 2 aromatic rings. The molecule has 9 heteroatoms. The van der Waals surface area contributed by atoms with Crippen LogP contribution in [0.5, 0.6) is 0 Å². The number of nitrogens with one attached hydrogen (secondary N) is 1. The molecule has 0 aliphatic rings. The Morgan fingerprint density at radius 2 is 2.19 bits per heavy atom. The molecule has 21 heavy (non-hydrogen) atoms. The van der Waals surface area contributed by atoms with Gasteiger partial charge in [0.1, 0.15) is 6.33 Å². The van der Waals surface area contributed by atoms with Gasteiger partial charge in [0.05, 0.1) is 6.54 Å². The van der Waals surface area contributed by atoms with Crippen molar-refractivity contribution in [1.82, 2.24) is 29.8 Å². The number of anilines is 1. The molecule has 0 fully saturated rings. The van der Waals surface area contributed by atoms with Crippen LogP contribution >= 0.6 is 11.6 Å². The molecule has 2 heterocycles. The molecule has 0 unspecified atom stereocenters. The average Bonchev–Trinajstić information content (AvgIpc) is 2.98. The maximum Gasteiger partial charge on any atom is 0.241 e. The van der Waals surface area contributed by atoms with Crippen LogP contribution in [-0.2, 0) is 4.79 Å². The van der Waals surface area contributed by atoms with Crippen molar-refractivity contribution in [2.75, 3.05) is 24.5 Å². The molecule has 1 N–H and O–H groups in total. The summed E-state index contributed by atoms with van der Waals surface area (Å²) in [6.07, 6.45) is 4.88. The normalized spacial score (nSPS) is 10.4. The minimum atomic E-state index is -0.0972. The number of imidazole rings is 1. The van der Waals surface area contributed by atoms with Gasteiger partial charge in [-0.1, -0.05) is 0 Å². The Kier molecular flexibility index (Phi) is 5.04. The number of rotatable bonds is 6. The fourth-order valence-electron chi connectivity index (χ4n) is 1.71. The standard InChI is InChI=1S/C12H16ClN7O/c1-3-15-9(21)7-19(4-2)11-16-10(13)17-12(18-11)20-6-5-14-8-20/h5-6,8H,3-4,7H2,1-2H3,(H,15,21). The minimum Gasteiger partial charge on any atom is -0.355 e. The Labute approximate surface area is 127 Å².